The average Bonchev–Trinajstić information content (AvgIpc) is 2.50. The van der Waals surface area contributed by atoms with Crippen molar-refractivity contribution in [2.24, 2.45) is 0 Å². The predicted octanol–water partition coefficient (Wildman–Crippen LogP) is 2.59. The molecule has 21 heavy (non-hydrogen) atoms. The molecule has 0 heterocycles. The number of hydrogen-bond donors (Lipinski definition) is 0. The van der Waals surface area contributed by atoms with Crippen molar-refractivity contribution in [2.45, 2.75) is 33.8 Å². The van der Waals surface area contributed by atoms with Crippen LogP contribution in [-0.4, -0.2) is 36.6 Å². The molecule has 0 radical (unpaired) electrons. The molecule has 5 heteroatoms. The first-order valence-electron chi connectivity index (χ1n) is 7.19. The molecule has 1 aromatic rings. The van der Waals surface area contributed by atoms with Gasteiger partial charge in [0.05, 0.1) is 18.2 Å². The standard InChI is InChI=1S/C16H22N2O3/c1-5-18(6-2)16(19)12(4)21-14-9-8-13(11-17)10-15(14)20-7-3/h8-10,12H,5-7H2,1-4H3. The third-order valence-electron chi connectivity index (χ3n) is 3.10. The summed E-state index contributed by atoms with van der Waals surface area (Å²) >= 11 is 0. The molecule has 0 N–H and O–H groups in total. The first-order valence-corrected chi connectivity index (χ1v) is 7.19. The van der Waals surface area contributed by atoms with Crippen molar-refractivity contribution < 1.29 is 14.3 Å². The summed E-state index contributed by atoms with van der Waals surface area (Å²) in [4.78, 5) is 13.9. The van der Waals surface area contributed by atoms with Crippen LogP contribution in [0.4, 0.5) is 0 Å². The molecule has 0 aliphatic carbocycles. The number of amides is 1. The number of likely N-dealkylation sites (N-methyl/N-ethyl adjacent to an activating group) is 1. The minimum Gasteiger partial charge on any atom is -0.490 e. The molecule has 1 amide bonds. The first-order chi connectivity index (χ1) is 10.1. The lowest BCUT2D eigenvalue weighted by atomic mass is 10.2. The highest BCUT2D eigenvalue weighted by atomic mass is 16.5. The number of carbonyl (C=O) groups is 1. The van der Waals surface area contributed by atoms with Crippen LogP contribution in [0.3, 0.4) is 0 Å². The quantitative estimate of drug-likeness (QED) is 0.774. The largest absolute Gasteiger partial charge is 0.490 e. The molecule has 0 aromatic heterocycles. The Morgan fingerprint density at radius 1 is 1.29 bits per heavy atom. The Morgan fingerprint density at radius 2 is 1.95 bits per heavy atom. The molecule has 1 unspecified atom stereocenters. The van der Waals surface area contributed by atoms with Crippen LogP contribution in [0.2, 0.25) is 0 Å². The molecule has 5 nitrogen and oxygen atoms in total. The summed E-state index contributed by atoms with van der Waals surface area (Å²) in [5.41, 5.74) is 0.494. The SMILES string of the molecule is CCOc1cc(C#N)ccc1OC(C)C(=O)N(CC)CC. The third-order valence-corrected chi connectivity index (χ3v) is 3.10. The van der Waals surface area contributed by atoms with Gasteiger partial charge in [-0.1, -0.05) is 0 Å². The van der Waals surface area contributed by atoms with Crippen LogP contribution in [0, 0.1) is 11.3 Å². The van der Waals surface area contributed by atoms with Crippen LogP contribution < -0.4 is 9.47 Å². The molecule has 0 fully saturated rings. The maximum atomic E-state index is 12.2. The summed E-state index contributed by atoms with van der Waals surface area (Å²) in [6, 6.07) is 6.98. The van der Waals surface area contributed by atoms with Gasteiger partial charge < -0.3 is 14.4 Å². The van der Waals surface area contributed by atoms with Crippen LogP contribution in [0.25, 0.3) is 0 Å². The van der Waals surface area contributed by atoms with E-state index in [4.69, 9.17) is 14.7 Å². The van der Waals surface area contributed by atoms with E-state index in [2.05, 4.69) is 6.07 Å². The lowest BCUT2D eigenvalue weighted by Gasteiger charge is -2.24. The summed E-state index contributed by atoms with van der Waals surface area (Å²) in [6.45, 7) is 9.19. The molecule has 0 spiro atoms. The molecule has 1 rings (SSSR count). The van der Waals surface area contributed by atoms with Crippen molar-refractivity contribution in [3.05, 3.63) is 23.8 Å². The van der Waals surface area contributed by atoms with Gasteiger partial charge in [-0.15, -0.1) is 0 Å². The van der Waals surface area contributed by atoms with Gasteiger partial charge in [-0.25, -0.2) is 0 Å². The van der Waals surface area contributed by atoms with Crippen molar-refractivity contribution in [3.63, 3.8) is 0 Å². The third kappa shape index (κ3) is 4.38. The second-order valence-corrected chi connectivity index (χ2v) is 4.48. The minimum atomic E-state index is -0.600. The fourth-order valence-electron chi connectivity index (χ4n) is 1.98. The van der Waals surface area contributed by atoms with E-state index < -0.39 is 6.10 Å². The second kappa shape index (κ2) is 8.15. The Morgan fingerprint density at radius 3 is 2.48 bits per heavy atom. The van der Waals surface area contributed by atoms with Crippen molar-refractivity contribution >= 4 is 5.91 Å². The molecule has 0 bridgehead atoms. The zero-order chi connectivity index (χ0) is 15.8. The number of nitriles is 1. The molecule has 0 saturated carbocycles. The number of carbonyl (C=O) groups excluding carboxylic acids is 1. The summed E-state index contributed by atoms with van der Waals surface area (Å²) in [7, 11) is 0. The number of hydrogen-bond acceptors (Lipinski definition) is 4. The maximum Gasteiger partial charge on any atom is 0.263 e. The zero-order valence-electron chi connectivity index (χ0n) is 13.0. The molecule has 0 aliphatic rings. The highest BCUT2D eigenvalue weighted by Crippen LogP contribution is 2.29. The Labute approximate surface area is 126 Å². The molecule has 1 atom stereocenters. The Bertz CT molecular complexity index is 519. The molecular weight excluding hydrogens is 268 g/mol. The smallest absolute Gasteiger partial charge is 0.263 e. The lowest BCUT2D eigenvalue weighted by Crippen LogP contribution is -2.40. The van der Waals surface area contributed by atoms with Gasteiger partial charge in [0.15, 0.2) is 17.6 Å². The van der Waals surface area contributed by atoms with Crippen molar-refractivity contribution in [1.29, 1.82) is 5.26 Å². The van der Waals surface area contributed by atoms with Crippen LogP contribution in [-0.2, 0) is 4.79 Å². The van der Waals surface area contributed by atoms with Gasteiger partial charge in [-0.05, 0) is 39.8 Å². The summed E-state index contributed by atoms with van der Waals surface area (Å²) < 4.78 is 11.2. The second-order valence-electron chi connectivity index (χ2n) is 4.48. The fourth-order valence-corrected chi connectivity index (χ4v) is 1.98. The monoisotopic (exact) mass is 290 g/mol. The number of rotatable bonds is 7. The van der Waals surface area contributed by atoms with Crippen LogP contribution >= 0.6 is 0 Å². The van der Waals surface area contributed by atoms with Gasteiger partial charge in [0.2, 0.25) is 0 Å². The molecule has 0 aliphatic heterocycles. The van der Waals surface area contributed by atoms with E-state index >= 15 is 0 Å². The van der Waals surface area contributed by atoms with Gasteiger partial charge in [-0.3, -0.25) is 4.79 Å². The predicted molar refractivity (Wildman–Crippen MR) is 80.3 cm³/mol. The fraction of sp³-hybridized carbons (Fsp3) is 0.500. The van der Waals surface area contributed by atoms with Gasteiger partial charge in [0.25, 0.3) is 5.91 Å². The van der Waals surface area contributed by atoms with E-state index in [1.165, 1.54) is 0 Å². The Hall–Kier alpha value is -2.22. The number of ether oxygens (including phenoxy) is 2. The highest BCUT2D eigenvalue weighted by molar-refractivity contribution is 5.81. The van der Waals surface area contributed by atoms with Gasteiger partial charge in [0, 0.05) is 19.2 Å². The van der Waals surface area contributed by atoms with Crippen LogP contribution in [0.15, 0.2) is 18.2 Å². The van der Waals surface area contributed by atoms with Crippen molar-refractivity contribution in [1.82, 2.24) is 4.90 Å². The lowest BCUT2D eigenvalue weighted by molar-refractivity contribution is -0.137. The number of benzene rings is 1. The summed E-state index contributed by atoms with van der Waals surface area (Å²) in [5, 5.41) is 8.92. The van der Waals surface area contributed by atoms with Crippen LogP contribution in [0.1, 0.15) is 33.3 Å². The summed E-state index contributed by atoms with van der Waals surface area (Å²) in [5.74, 6) is 0.895. The van der Waals surface area contributed by atoms with E-state index in [1.54, 1.807) is 30.0 Å². The normalized spacial score (nSPS) is 11.4. The Kier molecular flexibility index (Phi) is 6.54. The van der Waals surface area contributed by atoms with Gasteiger partial charge in [-0.2, -0.15) is 5.26 Å². The van der Waals surface area contributed by atoms with E-state index in [0.717, 1.165) is 0 Å². The average molecular weight is 290 g/mol. The minimum absolute atomic E-state index is 0.0631. The molecular formula is C16H22N2O3. The van der Waals surface area contributed by atoms with Gasteiger partial charge in [0.1, 0.15) is 0 Å². The topological polar surface area (TPSA) is 62.6 Å². The highest BCUT2D eigenvalue weighted by Gasteiger charge is 2.21. The molecule has 0 saturated heterocycles. The zero-order valence-corrected chi connectivity index (χ0v) is 13.0. The molecule has 1 aromatic carbocycles. The Balaban J connectivity index is 2.91. The van der Waals surface area contributed by atoms with Crippen molar-refractivity contribution in [3.8, 4) is 17.6 Å². The van der Waals surface area contributed by atoms with Crippen molar-refractivity contribution in [2.75, 3.05) is 19.7 Å². The molecule has 114 valence electrons. The van der Waals surface area contributed by atoms with Gasteiger partial charge >= 0.3 is 0 Å². The maximum absolute atomic E-state index is 12.2. The number of nitrogens with zero attached hydrogens (tertiary/aromatic N) is 2. The van der Waals surface area contributed by atoms with E-state index in [0.29, 0.717) is 36.8 Å². The van der Waals surface area contributed by atoms with E-state index in [9.17, 15) is 4.79 Å². The summed E-state index contributed by atoms with van der Waals surface area (Å²) in [6.07, 6.45) is -0.600. The van der Waals surface area contributed by atoms with E-state index in [1.807, 2.05) is 20.8 Å². The van der Waals surface area contributed by atoms with Crippen LogP contribution in [0.5, 0.6) is 11.5 Å². The first kappa shape index (κ1) is 16.8. The van der Waals surface area contributed by atoms with E-state index in [-0.39, 0.29) is 5.91 Å².